The fourth-order valence-electron chi connectivity index (χ4n) is 5.96. The first-order chi connectivity index (χ1) is 19.0. The maximum atomic E-state index is 11.3. The summed E-state index contributed by atoms with van der Waals surface area (Å²) in [5.74, 6) is 0.297. The summed E-state index contributed by atoms with van der Waals surface area (Å²) < 4.78 is 29.4. The van der Waals surface area contributed by atoms with Gasteiger partial charge in [-0.05, 0) is 69.6 Å². The van der Waals surface area contributed by atoms with Crippen LogP contribution in [0.15, 0.2) is 36.5 Å². The van der Waals surface area contributed by atoms with E-state index in [1.165, 1.54) is 19.6 Å². The number of carbonyl (C=O) groups is 1. The molecule has 0 radical (unpaired) electrons. The van der Waals surface area contributed by atoms with Gasteiger partial charge in [-0.25, -0.2) is 4.79 Å². The Balaban J connectivity index is 1.71. The molecule has 1 saturated carbocycles. The summed E-state index contributed by atoms with van der Waals surface area (Å²) in [6.07, 6.45) is 22.4. The van der Waals surface area contributed by atoms with Crippen LogP contribution in [0.25, 0.3) is 0 Å². The van der Waals surface area contributed by atoms with Crippen LogP contribution < -0.4 is 0 Å². The van der Waals surface area contributed by atoms with Crippen LogP contribution in [-0.2, 0) is 28.5 Å². The number of ether oxygens (including phenoxy) is 5. The molecule has 0 aromatic heterocycles. The van der Waals surface area contributed by atoms with Gasteiger partial charge in [0.2, 0.25) is 0 Å². The van der Waals surface area contributed by atoms with Gasteiger partial charge in [-0.2, -0.15) is 0 Å². The Bertz CT molecular complexity index is 766. The predicted molar refractivity (Wildman–Crippen MR) is 152 cm³/mol. The molecule has 222 valence electrons. The SMILES string of the molecule is CCCC(C)CC(/C=C/[C@@H]1[C@@H](C/C=C\C/C=C/C(=O)OC)[C@@H](O)C[C@H]1OC1CCCCO1)OC1CCCCO1. The minimum Gasteiger partial charge on any atom is -0.466 e. The van der Waals surface area contributed by atoms with Crippen molar-refractivity contribution >= 4 is 5.97 Å². The van der Waals surface area contributed by atoms with E-state index in [-0.39, 0.29) is 42.6 Å². The molecule has 3 fully saturated rings. The van der Waals surface area contributed by atoms with Gasteiger partial charge in [-0.15, -0.1) is 0 Å². The molecule has 4 unspecified atom stereocenters. The van der Waals surface area contributed by atoms with Crippen LogP contribution >= 0.6 is 0 Å². The standard InChI is InChI=1S/C32H52O7/c1-4-13-24(2)22-25(38-31-16-9-11-20-36-31)18-19-27-26(14-7-5-6-8-15-30(34)35-3)28(33)23-29(27)39-32-17-10-12-21-37-32/h5,7-8,15,18-19,24-29,31-33H,4,6,9-14,16-17,20-23H2,1-3H3/b7-5-,15-8+,19-18+/t24?,25?,26-,27-,28+,29-,31?,32?/m1/s1. The summed E-state index contributed by atoms with van der Waals surface area (Å²) in [6, 6.07) is 0. The highest BCUT2D eigenvalue weighted by Crippen LogP contribution is 2.40. The summed E-state index contributed by atoms with van der Waals surface area (Å²) in [4.78, 5) is 11.3. The third-order valence-corrected chi connectivity index (χ3v) is 8.09. The van der Waals surface area contributed by atoms with E-state index in [9.17, 15) is 9.90 Å². The third kappa shape index (κ3) is 11.5. The Kier molecular flexibility index (Phi) is 14.8. The van der Waals surface area contributed by atoms with Crippen molar-refractivity contribution < 1.29 is 33.6 Å². The number of allylic oxidation sites excluding steroid dienone is 3. The van der Waals surface area contributed by atoms with E-state index in [0.29, 0.717) is 18.8 Å². The minimum absolute atomic E-state index is 0.0291. The molecule has 3 aliphatic rings. The zero-order chi connectivity index (χ0) is 27.9. The lowest BCUT2D eigenvalue weighted by molar-refractivity contribution is -0.193. The number of carbonyl (C=O) groups excluding carboxylic acids is 1. The Morgan fingerprint density at radius 2 is 1.79 bits per heavy atom. The van der Waals surface area contributed by atoms with Crippen LogP contribution in [0.4, 0.5) is 0 Å². The zero-order valence-electron chi connectivity index (χ0n) is 24.4. The molecule has 7 heteroatoms. The van der Waals surface area contributed by atoms with Crippen LogP contribution in [0, 0.1) is 17.8 Å². The highest BCUT2D eigenvalue weighted by molar-refractivity contribution is 5.81. The van der Waals surface area contributed by atoms with Crippen molar-refractivity contribution in [1.82, 2.24) is 0 Å². The number of aliphatic hydroxyl groups is 1. The molecular weight excluding hydrogens is 496 g/mol. The van der Waals surface area contributed by atoms with Crippen LogP contribution in [0.2, 0.25) is 0 Å². The lowest BCUT2D eigenvalue weighted by atomic mass is 9.89. The topological polar surface area (TPSA) is 83.5 Å². The lowest BCUT2D eigenvalue weighted by Gasteiger charge is -2.30. The van der Waals surface area contributed by atoms with E-state index >= 15 is 0 Å². The van der Waals surface area contributed by atoms with Gasteiger partial charge in [0.15, 0.2) is 12.6 Å². The van der Waals surface area contributed by atoms with Crippen molar-refractivity contribution in [2.75, 3.05) is 20.3 Å². The maximum absolute atomic E-state index is 11.3. The highest BCUT2D eigenvalue weighted by Gasteiger charge is 2.42. The molecule has 0 bridgehead atoms. The number of aliphatic hydroxyl groups excluding tert-OH is 1. The number of esters is 1. The first-order valence-corrected chi connectivity index (χ1v) is 15.3. The molecule has 2 saturated heterocycles. The first-order valence-electron chi connectivity index (χ1n) is 15.3. The maximum Gasteiger partial charge on any atom is 0.330 e. The molecule has 7 nitrogen and oxygen atoms in total. The smallest absolute Gasteiger partial charge is 0.330 e. The molecule has 3 rings (SSSR count). The van der Waals surface area contributed by atoms with Crippen molar-refractivity contribution in [3.63, 3.8) is 0 Å². The third-order valence-electron chi connectivity index (χ3n) is 8.09. The van der Waals surface area contributed by atoms with Gasteiger partial charge in [-0.3, -0.25) is 0 Å². The Morgan fingerprint density at radius 3 is 2.46 bits per heavy atom. The molecule has 8 atom stereocenters. The number of hydrogen-bond donors (Lipinski definition) is 1. The van der Waals surface area contributed by atoms with Gasteiger partial charge in [0.05, 0.1) is 25.4 Å². The van der Waals surface area contributed by atoms with Gasteiger partial charge in [0.1, 0.15) is 0 Å². The van der Waals surface area contributed by atoms with E-state index in [2.05, 4.69) is 36.8 Å². The van der Waals surface area contributed by atoms with Gasteiger partial charge >= 0.3 is 5.97 Å². The molecule has 0 amide bonds. The average Bonchev–Trinajstić information content (AvgIpc) is 3.23. The number of methoxy groups -OCH3 is 1. The summed E-state index contributed by atoms with van der Waals surface area (Å²) in [7, 11) is 1.37. The van der Waals surface area contributed by atoms with E-state index in [1.54, 1.807) is 6.08 Å². The highest BCUT2D eigenvalue weighted by atomic mass is 16.7. The first kappa shape index (κ1) is 32.0. The molecule has 1 aliphatic carbocycles. The predicted octanol–water partition coefficient (Wildman–Crippen LogP) is 6.26. The second-order valence-corrected chi connectivity index (χ2v) is 11.4. The van der Waals surface area contributed by atoms with Gasteiger partial charge in [0.25, 0.3) is 0 Å². The summed E-state index contributed by atoms with van der Waals surface area (Å²) >= 11 is 0. The molecule has 0 spiro atoms. The fourth-order valence-corrected chi connectivity index (χ4v) is 5.96. The second kappa shape index (κ2) is 18.0. The molecule has 39 heavy (non-hydrogen) atoms. The minimum atomic E-state index is -0.455. The van der Waals surface area contributed by atoms with E-state index in [1.807, 2.05) is 6.08 Å². The van der Waals surface area contributed by atoms with Crippen molar-refractivity contribution in [3.8, 4) is 0 Å². The number of hydrogen-bond acceptors (Lipinski definition) is 7. The van der Waals surface area contributed by atoms with E-state index in [0.717, 1.165) is 71.0 Å². The zero-order valence-corrected chi connectivity index (χ0v) is 24.4. The average molecular weight is 549 g/mol. The molecule has 2 aliphatic heterocycles. The van der Waals surface area contributed by atoms with Crippen molar-refractivity contribution in [1.29, 1.82) is 0 Å². The summed E-state index contributed by atoms with van der Waals surface area (Å²) in [5.41, 5.74) is 0. The monoisotopic (exact) mass is 548 g/mol. The van der Waals surface area contributed by atoms with Gasteiger partial charge in [-0.1, -0.05) is 57.1 Å². The summed E-state index contributed by atoms with van der Waals surface area (Å²) in [6.45, 7) is 6.02. The quantitative estimate of drug-likeness (QED) is 0.147. The number of rotatable bonds is 15. The Morgan fingerprint density at radius 1 is 1.05 bits per heavy atom. The Hall–Kier alpha value is -1.51. The van der Waals surface area contributed by atoms with Crippen LogP contribution in [0.3, 0.4) is 0 Å². The molecule has 1 N–H and O–H groups in total. The van der Waals surface area contributed by atoms with Crippen LogP contribution in [0.1, 0.15) is 90.9 Å². The van der Waals surface area contributed by atoms with Crippen molar-refractivity contribution in [3.05, 3.63) is 36.5 Å². The van der Waals surface area contributed by atoms with Crippen LogP contribution in [0.5, 0.6) is 0 Å². The van der Waals surface area contributed by atoms with E-state index in [4.69, 9.17) is 18.9 Å². The Labute approximate surface area is 235 Å². The molecule has 2 heterocycles. The van der Waals surface area contributed by atoms with Crippen LogP contribution in [-0.4, -0.2) is 62.3 Å². The van der Waals surface area contributed by atoms with E-state index < -0.39 is 6.10 Å². The van der Waals surface area contributed by atoms with Gasteiger partial charge in [0, 0.05) is 31.6 Å². The second-order valence-electron chi connectivity index (χ2n) is 11.4. The molecule has 0 aromatic carbocycles. The van der Waals surface area contributed by atoms with Crippen molar-refractivity contribution in [2.24, 2.45) is 17.8 Å². The normalized spacial score (nSPS) is 31.8. The summed E-state index contributed by atoms with van der Waals surface area (Å²) in [5, 5.41) is 11.1. The molecule has 0 aromatic rings. The lowest BCUT2D eigenvalue weighted by Crippen LogP contribution is -2.31. The largest absolute Gasteiger partial charge is 0.466 e. The van der Waals surface area contributed by atoms with Gasteiger partial charge < -0.3 is 28.8 Å². The molecular formula is C32H52O7. The van der Waals surface area contributed by atoms with Crippen molar-refractivity contribution in [2.45, 2.75) is 122 Å². The fraction of sp³-hybridized carbons (Fsp3) is 0.781.